The number of carbonyl (C=O) groups is 1. The second-order valence-corrected chi connectivity index (χ2v) is 11.7. The number of thioether (sulfide) groups is 1. The van der Waals surface area contributed by atoms with Crippen LogP contribution in [0.5, 0.6) is 0 Å². The smallest absolute Gasteiger partial charge is 0.410 e. The molecular weight excluding hydrogens is 465 g/mol. The SMILES string of the molecule is CCSc1nc2c3c(nc(Cl)c(F)c3n1)[C@@H](C)C[C@@H]1[C@@H]3CC[C@H](CN21)N3C(=O)OC(C)(C)C. The van der Waals surface area contributed by atoms with Gasteiger partial charge in [-0.2, -0.15) is 0 Å². The second kappa shape index (κ2) is 8.12. The van der Waals surface area contributed by atoms with Crippen molar-refractivity contribution >= 4 is 46.2 Å². The van der Waals surface area contributed by atoms with Crippen molar-refractivity contribution < 1.29 is 13.9 Å². The largest absolute Gasteiger partial charge is 0.444 e. The van der Waals surface area contributed by atoms with E-state index in [4.69, 9.17) is 21.3 Å². The van der Waals surface area contributed by atoms with Gasteiger partial charge < -0.3 is 9.64 Å². The number of pyridine rings is 1. The highest BCUT2D eigenvalue weighted by atomic mass is 35.5. The molecule has 5 heterocycles. The van der Waals surface area contributed by atoms with Gasteiger partial charge in [-0.3, -0.25) is 4.90 Å². The number of ether oxygens (including phenoxy) is 1. The quantitative estimate of drug-likeness (QED) is 0.315. The molecule has 33 heavy (non-hydrogen) atoms. The van der Waals surface area contributed by atoms with Gasteiger partial charge in [-0.15, -0.1) is 0 Å². The van der Waals surface area contributed by atoms with Crippen LogP contribution in [-0.2, 0) is 4.74 Å². The van der Waals surface area contributed by atoms with Crippen LogP contribution in [0.1, 0.15) is 65.5 Å². The number of nitrogens with zero attached hydrogens (tertiary/aromatic N) is 5. The van der Waals surface area contributed by atoms with Gasteiger partial charge in [0.15, 0.2) is 16.1 Å². The molecule has 0 saturated carbocycles. The van der Waals surface area contributed by atoms with Gasteiger partial charge in [-0.25, -0.2) is 24.1 Å². The summed E-state index contributed by atoms with van der Waals surface area (Å²) >= 11 is 7.68. The van der Waals surface area contributed by atoms with E-state index in [0.717, 1.165) is 30.7 Å². The van der Waals surface area contributed by atoms with Crippen molar-refractivity contribution in [1.29, 1.82) is 0 Å². The van der Waals surface area contributed by atoms with Gasteiger partial charge in [0.2, 0.25) is 0 Å². The van der Waals surface area contributed by atoms with Crippen LogP contribution < -0.4 is 4.90 Å². The second-order valence-electron chi connectivity index (χ2n) is 10.1. The van der Waals surface area contributed by atoms with E-state index in [0.29, 0.717) is 22.9 Å². The maximum Gasteiger partial charge on any atom is 0.410 e. The molecule has 178 valence electrons. The van der Waals surface area contributed by atoms with Crippen LogP contribution in [0.15, 0.2) is 5.16 Å². The van der Waals surface area contributed by atoms with Crippen LogP contribution in [-0.4, -0.2) is 62.0 Å². The van der Waals surface area contributed by atoms with E-state index in [1.165, 1.54) is 11.8 Å². The Labute approximate surface area is 202 Å². The average molecular weight is 494 g/mol. The van der Waals surface area contributed by atoms with E-state index in [1.54, 1.807) is 0 Å². The van der Waals surface area contributed by atoms with Crippen molar-refractivity contribution in [2.45, 2.75) is 88.7 Å². The molecule has 3 aliphatic rings. The minimum atomic E-state index is -0.599. The highest BCUT2D eigenvalue weighted by molar-refractivity contribution is 7.99. The van der Waals surface area contributed by atoms with E-state index >= 15 is 4.39 Å². The maximum absolute atomic E-state index is 15.1. The Kier molecular flexibility index (Phi) is 5.63. The van der Waals surface area contributed by atoms with Gasteiger partial charge >= 0.3 is 6.09 Å². The Balaban J connectivity index is 1.64. The summed E-state index contributed by atoms with van der Waals surface area (Å²) < 4.78 is 20.9. The lowest BCUT2D eigenvalue weighted by Gasteiger charge is -2.47. The van der Waals surface area contributed by atoms with Crippen LogP contribution in [0.2, 0.25) is 5.15 Å². The number of fused-ring (bicyclic) bond motifs is 5. The van der Waals surface area contributed by atoms with Gasteiger partial charge in [0.25, 0.3) is 0 Å². The minimum Gasteiger partial charge on any atom is -0.444 e. The van der Waals surface area contributed by atoms with Crippen LogP contribution in [0.25, 0.3) is 10.9 Å². The first-order chi connectivity index (χ1) is 15.6. The molecule has 2 aromatic rings. The Morgan fingerprint density at radius 2 is 2.00 bits per heavy atom. The zero-order valence-corrected chi connectivity index (χ0v) is 21.1. The predicted molar refractivity (Wildman–Crippen MR) is 128 cm³/mol. The first-order valence-electron chi connectivity index (χ1n) is 11.6. The molecule has 5 rings (SSSR count). The van der Waals surface area contributed by atoms with E-state index in [-0.39, 0.29) is 40.8 Å². The van der Waals surface area contributed by atoms with Crippen molar-refractivity contribution in [2.24, 2.45) is 0 Å². The summed E-state index contributed by atoms with van der Waals surface area (Å²) in [4.78, 5) is 31.2. The third kappa shape index (κ3) is 3.81. The van der Waals surface area contributed by atoms with Gasteiger partial charge in [0, 0.05) is 12.5 Å². The zero-order chi connectivity index (χ0) is 23.7. The lowest BCUT2D eigenvalue weighted by atomic mass is 9.92. The molecule has 2 aromatic heterocycles. The summed E-state index contributed by atoms with van der Waals surface area (Å²) in [5.41, 5.74) is 0.415. The van der Waals surface area contributed by atoms with Gasteiger partial charge in [0.05, 0.1) is 29.2 Å². The maximum atomic E-state index is 15.1. The number of hydrogen-bond donors (Lipinski definition) is 0. The Hall–Kier alpha value is -1.87. The zero-order valence-electron chi connectivity index (χ0n) is 19.6. The van der Waals surface area contributed by atoms with Gasteiger partial charge in [-0.05, 0) is 45.8 Å². The summed E-state index contributed by atoms with van der Waals surface area (Å²) in [6, 6.07) is 0.0539. The molecule has 3 aliphatic heterocycles. The number of hydrogen-bond acceptors (Lipinski definition) is 7. The van der Waals surface area contributed by atoms with Crippen molar-refractivity contribution in [3.63, 3.8) is 0 Å². The van der Waals surface area contributed by atoms with Crippen LogP contribution in [0.3, 0.4) is 0 Å². The summed E-state index contributed by atoms with van der Waals surface area (Å²) in [6.07, 6.45) is 2.32. The fourth-order valence-electron chi connectivity index (χ4n) is 5.53. The Morgan fingerprint density at radius 1 is 1.24 bits per heavy atom. The Bertz CT molecular complexity index is 1130. The van der Waals surface area contributed by atoms with Gasteiger partial charge in [-0.1, -0.05) is 37.2 Å². The molecule has 0 aliphatic carbocycles. The van der Waals surface area contributed by atoms with Crippen molar-refractivity contribution in [3.05, 3.63) is 16.7 Å². The molecule has 4 atom stereocenters. The molecule has 1 amide bonds. The number of aromatic nitrogens is 3. The molecule has 0 N–H and O–H groups in total. The van der Waals surface area contributed by atoms with Crippen LogP contribution >= 0.6 is 23.4 Å². The van der Waals surface area contributed by atoms with E-state index in [9.17, 15) is 4.79 Å². The first-order valence-corrected chi connectivity index (χ1v) is 12.9. The summed E-state index contributed by atoms with van der Waals surface area (Å²) in [6.45, 7) is 10.4. The molecule has 2 saturated heterocycles. The van der Waals surface area contributed by atoms with E-state index < -0.39 is 11.4 Å². The van der Waals surface area contributed by atoms with Crippen LogP contribution in [0.4, 0.5) is 15.0 Å². The van der Waals surface area contributed by atoms with Crippen molar-refractivity contribution in [1.82, 2.24) is 19.9 Å². The molecule has 0 spiro atoms. The highest BCUT2D eigenvalue weighted by Gasteiger charge is 2.51. The number of anilines is 1. The highest BCUT2D eigenvalue weighted by Crippen LogP contribution is 2.47. The first kappa shape index (κ1) is 22.9. The normalized spacial score (nSPS) is 26.4. The van der Waals surface area contributed by atoms with E-state index in [1.807, 2.05) is 32.6 Å². The van der Waals surface area contributed by atoms with E-state index in [2.05, 4.69) is 21.8 Å². The predicted octanol–water partition coefficient (Wildman–Crippen LogP) is 5.39. The molecule has 2 bridgehead atoms. The molecule has 10 heteroatoms. The standard InChI is InChI=1S/C23H29ClFN5O2S/c1-6-33-21-27-18-15-17(26-19(24)16(18)25)11(2)9-14-13-8-7-12(10-29(14)20(15)28-21)30(13)22(31)32-23(3,4)5/h11-14H,6-10H2,1-5H3/t11-,12+,13-,14+/m0/s1. The van der Waals surface area contributed by atoms with Gasteiger partial charge in [0.1, 0.15) is 16.9 Å². The molecule has 2 fully saturated rings. The number of amides is 1. The molecule has 0 unspecified atom stereocenters. The fraction of sp³-hybridized carbons (Fsp3) is 0.652. The molecule has 0 aromatic carbocycles. The minimum absolute atomic E-state index is 0.00275. The summed E-state index contributed by atoms with van der Waals surface area (Å²) in [5.74, 6) is 0.892. The third-order valence-electron chi connectivity index (χ3n) is 6.74. The topological polar surface area (TPSA) is 71.5 Å². The molecule has 0 radical (unpaired) electrons. The van der Waals surface area contributed by atoms with Crippen LogP contribution in [0, 0.1) is 5.82 Å². The average Bonchev–Trinajstić information content (AvgIpc) is 3.01. The number of rotatable bonds is 2. The lowest BCUT2D eigenvalue weighted by Crippen LogP contribution is -2.62. The molecular formula is C23H29ClFN5O2S. The lowest BCUT2D eigenvalue weighted by molar-refractivity contribution is 0.00693. The summed E-state index contributed by atoms with van der Waals surface area (Å²) in [7, 11) is 0. The summed E-state index contributed by atoms with van der Waals surface area (Å²) in [5, 5.41) is 1.03. The number of halogens is 2. The number of piperazine rings is 1. The van der Waals surface area contributed by atoms with Crippen molar-refractivity contribution in [3.8, 4) is 0 Å². The third-order valence-corrected chi connectivity index (χ3v) is 7.72. The fourth-order valence-corrected chi connectivity index (χ4v) is 6.28. The Morgan fingerprint density at radius 3 is 2.70 bits per heavy atom. The monoisotopic (exact) mass is 493 g/mol. The van der Waals surface area contributed by atoms with Crippen molar-refractivity contribution in [2.75, 3.05) is 17.2 Å². The molecule has 7 nitrogen and oxygen atoms in total. The number of carbonyl (C=O) groups excluding carboxylic acids is 1.